The third kappa shape index (κ3) is 12.0. The Morgan fingerprint density at radius 1 is 0.929 bits per heavy atom. The lowest BCUT2D eigenvalue weighted by Crippen LogP contribution is -2.20. The molecule has 1 nitrogen and oxygen atoms in total. The number of hydrogen-bond acceptors (Lipinski definition) is 1. The molecule has 0 saturated heterocycles. The minimum absolute atomic E-state index is 0.130. The van der Waals surface area contributed by atoms with Gasteiger partial charge >= 0.3 is 0 Å². The lowest BCUT2D eigenvalue weighted by atomic mass is 9.94. The van der Waals surface area contributed by atoms with Crippen LogP contribution in [0.5, 0.6) is 0 Å². The van der Waals surface area contributed by atoms with Gasteiger partial charge in [-0.05, 0) is 17.3 Å². The highest BCUT2D eigenvalue weighted by atomic mass is 16.3. The molecule has 0 heterocycles. The Labute approximate surface area is 90.9 Å². The van der Waals surface area contributed by atoms with Crippen LogP contribution in [0.2, 0.25) is 0 Å². The molecule has 0 saturated carbocycles. The van der Waals surface area contributed by atoms with Crippen LogP contribution in [0, 0.1) is 17.3 Å². The van der Waals surface area contributed by atoms with Gasteiger partial charge in [-0.1, -0.05) is 61.8 Å². The summed E-state index contributed by atoms with van der Waals surface area (Å²) in [6.07, 6.45) is 1.14. The van der Waals surface area contributed by atoms with Crippen LogP contribution >= 0.6 is 0 Å². The van der Waals surface area contributed by atoms with Crippen LogP contribution in [0.3, 0.4) is 0 Å². The number of rotatable bonds is 2. The summed E-state index contributed by atoms with van der Waals surface area (Å²) < 4.78 is 0. The summed E-state index contributed by atoms with van der Waals surface area (Å²) in [4.78, 5) is 0. The maximum Gasteiger partial charge on any atom is 0.0586 e. The standard InChI is InChI=1S/C7H16O.C6H14/c1-5(2)7(8)6(3)4;1-5-6(2,3)4/h5-8H,1-4H3;5H2,1-4H3. The van der Waals surface area contributed by atoms with E-state index in [9.17, 15) is 5.11 Å². The molecule has 0 unspecified atom stereocenters. The van der Waals surface area contributed by atoms with Gasteiger partial charge in [0.15, 0.2) is 0 Å². The van der Waals surface area contributed by atoms with Crippen molar-refractivity contribution in [3.8, 4) is 0 Å². The Bertz CT molecular complexity index is 112. The zero-order valence-electron chi connectivity index (χ0n) is 11.4. The molecule has 0 aromatic heterocycles. The van der Waals surface area contributed by atoms with E-state index in [-0.39, 0.29) is 6.10 Å². The molecule has 0 amide bonds. The summed E-state index contributed by atoms with van der Waals surface area (Å²) in [5.74, 6) is 0.796. The summed E-state index contributed by atoms with van der Waals surface area (Å²) in [6.45, 7) is 17.1. The zero-order chi connectivity index (χ0) is 11.9. The van der Waals surface area contributed by atoms with Crippen molar-refractivity contribution in [2.45, 2.75) is 67.9 Å². The van der Waals surface area contributed by atoms with E-state index in [1.807, 2.05) is 27.7 Å². The Kier molecular flexibility index (Phi) is 8.52. The number of aliphatic hydroxyl groups is 1. The molecule has 0 radical (unpaired) electrons. The van der Waals surface area contributed by atoms with E-state index in [2.05, 4.69) is 27.7 Å². The Morgan fingerprint density at radius 3 is 1.14 bits per heavy atom. The van der Waals surface area contributed by atoms with Gasteiger partial charge in [0.2, 0.25) is 0 Å². The first kappa shape index (κ1) is 16.4. The Morgan fingerprint density at radius 2 is 1.14 bits per heavy atom. The van der Waals surface area contributed by atoms with Gasteiger partial charge in [0, 0.05) is 0 Å². The molecule has 0 spiro atoms. The van der Waals surface area contributed by atoms with E-state index in [1.165, 1.54) is 6.42 Å². The van der Waals surface area contributed by atoms with Gasteiger partial charge in [0.1, 0.15) is 0 Å². The molecule has 0 aromatic rings. The fourth-order valence-corrected chi connectivity index (χ4v) is 0.770. The van der Waals surface area contributed by atoms with Crippen molar-refractivity contribution in [2.75, 3.05) is 0 Å². The summed E-state index contributed by atoms with van der Waals surface area (Å²) >= 11 is 0. The van der Waals surface area contributed by atoms with E-state index >= 15 is 0 Å². The first-order valence-corrected chi connectivity index (χ1v) is 5.79. The summed E-state index contributed by atoms with van der Waals surface area (Å²) in [7, 11) is 0. The van der Waals surface area contributed by atoms with Crippen molar-refractivity contribution in [1.82, 2.24) is 0 Å². The van der Waals surface area contributed by atoms with Crippen molar-refractivity contribution < 1.29 is 5.11 Å². The summed E-state index contributed by atoms with van der Waals surface area (Å²) in [5, 5.41) is 9.20. The second kappa shape index (κ2) is 7.28. The highest BCUT2D eigenvalue weighted by Gasteiger charge is 2.11. The number of aliphatic hydroxyl groups excluding tert-OH is 1. The average Bonchev–Trinajstić information content (AvgIpc) is 2.02. The van der Waals surface area contributed by atoms with Crippen LogP contribution in [0.15, 0.2) is 0 Å². The van der Waals surface area contributed by atoms with Crippen LogP contribution in [0.25, 0.3) is 0 Å². The van der Waals surface area contributed by atoms with Crippen LogP contribution in [-0.2, 0) is 0 Å². The molecule has 88 valence electrons. The van der Waals surface area contributed by atoms with Crippen molar-refractivity contribution >= 4 is 0 Å². The van der Waals surface area contributed by atoms with Gasteiger partial charge in [0.05, 0.1) is 6.10 Å². The fourth-order valence-electron chi connectivity index (χ4n) is 0.770. The highest BCUT2D eigenvalue weighted by Crippen LogP contribution is 2.16. The molecule has 0 rings (SSSR count). The van der Waals surface area contributed by atoms with Crippen molar-refractivity contribution in [3.05, 3.63) is 0 Å². The Balaban J connectivity index is 0. The smallest absolute Gasteiger partial charge is 0.0586 e. The third-order valence-electron chi connectivity index (χ3n) is 2.43. The molecule has 0 aliphatic heterocycles. The average molecular weight is 202 g/mol. The largest absolute Gasteiger partial charge is 0.393 e. The Hall–Kier alpha value is -0.0400. The van der Waals surface area contributed by atoms with Crippen LogP contribution < -0.4 is 0 Å². The molecule has 0 bridgehead atoms. The first-order chi connectivity index (χ1) is 6.11. The van der Waals surface area contributed by atoms with Gasteiger partial charge in [-0.2, -0.15) is 0 Å². The zero-order valence-corrected chi connectivity index (χ0v) is 11.4. The molecule has 1 heteroatoms. The SMILES string of the molecule is CC(C)C(O)C(C)C.CCC(C)(C)C. The quantitative estimate of drug-likeness (QED) is 0.714. The maximum absolute atomic E-state index is 9.20. The minimum Gasteiger partial charge on any atom is -0.393 e. The second-order valence-corrected chi connectivity index (χ2v) is 5.89. The summed E-state index contributed by atoms with van der Waals surface area (Å²) in [5.41, 5.74) is 0.542. The topological polar surface area (TPSA) is 20.2 Å². The first-order valence-electron chi connectivity index (χ1n) is 5.79. The molecule has 1 N–H and O–H groups in total. The van der Waals surface area contributed by atoms with E-state index in [4.69, 9.17) is 0 Å². The molecular weight excluding hydrogens is 172 g/mol. The van der Waals surface area contributed by atoms with Crippen molar-refractivity contribution in [2.24, 2.45) is 17.3 Å². The molecule has 14 heavy (non-hydrogen) atoms. The van der Waals surface area contributed by atoms with Crippen molar-refractivity contribution in [3.63, 3.8) is 0 Å². The lowest BCUT2D eigenvalue weighted by molar-refractivity contribution is 0.0801. The molecule has 0 atom stereocenters. The van der Waals surface area contributed by atoms with E-state index < -0.39 is 0 Å². The van der Waals surface area contributed by atoms with Crippen molar-refractivity contribution in [1.29, 1.82) is 0 Å². The third-order valence-corrected chi connectivity index (χ3v) is 2.43. The van der Waals surface area contributed by atoms with Crippen LogP contribution in [0.1, 0.15) is 61.8 Å². The fraction of sp³-hybridized carbons (Fsp3) is 1.00. The number of hydrogen-bond donors (Lipinski definition) is 1. The van der Waals surface area contributed by atoms with Gasteiger partial charge in [-0.3, -0.25) is 0 Å². The predicted octanol–water partition coefficient (Wildman–Crippen LogP) is 4.10. The maximum atomic E-state index is 9.20. The summed E-state index contributed by atoms with van der Waals surface area (Å²) in [6, 6.07) is 0. The van der Waals surface area contributed by atoms with Gasteiger partial charge in [0.25, 0.3) is 0 Å². The van der Waals surface area contributed by atoms with E-state index in [1.54, 1.807) is 0 Å². The lowest BCUT2D eigenvalue weighted by Gasteiger charge is -2.17. The van der Waals surface area contributed by atoms with E-state index in [0.29, 0.717) is 17.3 Å². The van der Waals surface area contributed by atoms with Gasteiger partial charge in [-0.25, -0.2) is 0 Å². The molecular formula is C13H30O. The van der Waals surface area contributed by atoms with Gasteiger partial charge in [-0.15, -0.1) is 0 Å². The molecule has 0 aliphatic carbocycles. The van der Waals surface area contributed by atoms with Crippen LogP contribution in [-0.4, -0.2) is 11.2 Å². The predicted molar refractivity (Wildman–Crippen MR) is 65.4 cm³/mol. The van der Waals surface area contributed by atoms with Gasteiger partial charge < -0.3 is 5.11 Å². The molecule has 0 aromatic carbocycles. The minimum atomic E-state index is -0.130. The highest BCUT2D eigenvalue weighted by molar-refractivity contribution is 4.62. The van der Waals surface area contributed by atoms with E-state index in [0.717, 1.165) is 0 Å². The normalized spacial score (nSPS) is 12.0. The van der Waals surface area contributed by atoms with Crippen LogP contribution in [0.4, 0.5) is 0 Å². The molecule has 0 aliphatic rings. The second-order valence-electron chi connectivity index (χ2n) is 5.89. The monoisotopic (exact) mass is 202 g/mol. The molecule has 0 fully saturated rings.